The van der Waals surface area contributed by atoms with Crippen molar-refractivity contribution in [3.05, 3.63) is 29.6 Å². The average molecular weight is 269 g/mol. The van der Waals surface area contributed by atoms with E-state index in [9.17, 15) is 9.18 Å². The van der Waals surface area contributed by atoms with Crippen molar-refractivity contribution in [3.8, 4) is 0 Å². The summed E-state index contributed by atoms with van der Waals surface area (Å²) in [6.45, 7) is 5.50. The fourth-order valence-corrected chi connectivity index (χ4v) is 1.39. The molecule has 0 aliphatic rings. The van der Waals surface area contributed by atoms with E-state index in [1.165, 1.54) is 12.1 Å². The van der Waals surface area contributed by atoms with Crippen LogP contribution in [0.1, 0.15) is 26.3 Å². The number of carbonyl (C=O) groups excluding carboxylic acids is 1. The van der Waals surface area contributed by atoms with Gasteiger partial charge in [0.1, 0.15) is 10.8 Å². The van der Waals surface area contributed by atoms with E-state index in [4.69, 9.17) is 18.0 Å². The van der Waals surface area contributed by atoms with Crippen LogP contribution in [-0.2, 0) is 0 Å². The Bertz CT molecular complexity index is 483. The van der Waals surface area contributed by atoms with Crippen LogP contribution in [-0.4, -0.2) is 16.6 Å². The van der Waals surface area contributed by atoms with E-state index in [1.807, 2.05) is 20.8 Å². The van der Waals surface area contributed by atoms with Crippen molar-refractivity contribution in [2.75, 3.05) is 5.32 Å². The van der Waals surface area contributed by atoms with Crippen molar-refractivity contribution in [1.82, 2.24) is 5.32 Å². The molecule has 0 aromatic heterocycles. The third-order valence-electron chi connectivity index (χ3n) is 1.99. The largest absolute Gasteiger partial charge is 0.389 e. The summed E-state index contributed by atoms with van der Waals surface area (Å²) in [5.74, 6) is -0.579. The van der Waals surface area contributed by atoms with Gasteiger partial charge in [0.15, 0.2) is 0 Å². The second-order valence-corrected chi connectivity index (χ2v) is 5.33. The maximum absolute atomic E-state index is 13.6. The fraction of sp³-hybridized carbons (Fsp3) is 0.333. The van der Waals surface area contributed by atoms with Gasteiger partial charge in [-0.05, 0) is 39.0 Å². The molecule has 0 aliphatic carbocycles. The van der Waals surface area contributed by atoms with Crippen molar-refractivity contribution in [1.29, 1.82) is 0 Å². The molecule has 0 atom stereocenters. The minimum Gasteiger partial charge on any atom is -0.389 e. The molecular weight excluding hydrogens is 253 g/mol. The predicted molar refractivity (Wildman–Crippen MR) is 74.2 cm³/mol. The number of amides is 2. The summed E-state index contributed by atoms with van der Waals surface area (Å²) in [4.78, 5) is 11.7. The van der Waals surface area contributed by atoms with Crippen LogP contribution in [0.2, 0.25) is 0 Å². The normalized spacial score (nSPS) is 10.9. The quantitative estimate of drug-likeness (QED) is 0.722. The highest BCUT2D eigenvalue weighted by molar-refractivity contribution is 7.80. The Kier molecular flexibility index (Phi) is 4.24. The molecule has 2 amide bonds. The summed E-state index contributed by atoms with van der Waals surface area (Å²) < 4.78 is 13.6. The molecule has 0 aliphatic heterocycles. The van der Waals surface area contributed by atoms with Gasteiger partial charge in [0.2, 0.25) is 0 Å². The summed E-state index contributed by atoms with van der Waals surface area (Å²) in [5, 5.41) is 5.09. The van der Waals surface area contributed by atoms with Crippen molar-refractivity contribution < 1.29 is 9.18 Å². The number of urea groups is 1. The number of hydrogen-bond donors (Lipinski definition) is 3. The topological polar surface area (TPSA) is 67.2 Å². The number of nitrogens with one attached hydrogen (secondary N) is 2. The number of carbonyl (C=O) groups is 1. The lowest BCUT2D eigenvalue weighted by Crippen LogP contribution is -2.43. The minimum atomic E-state index is -0.579. The number of benzene rings is 1. The van der Waals surface area contributed by atoms with Gasteiger partial charge in [-0.1, -0.05) is 12.2 Å². The molecule has 0 unspecified atom stereocenters. The van der Waals surface area contributed by atoms with Gasteiger partial charge in [-0.15, -0.1) is 0 Å². The second kappa shape index (κ2) is 5.30. The highest BCUT2D eigenvalue weighted by Crippen LogP contribution is 2.16. The molecule has 0 radical (unpaired) electrons. The van der Waals surface area contributed by atoms with Gasteiger partial charge in [-0.3, -0.25) is 0 Å². The molecule has 0 saturated heterocycles. The molecule has 18 heavy (non-hydrogen) atoms. The first kappa shape index (κ1) is 14.4. The van der Waals surface area contributed by atoms with Crippen LogP contribution < -0.4 is 16.4 Å². The average Bonchev–Trinajstić information content (AvgIpc) is 2.17. The lowest BCUT2D eigenvalue weighted by molar-refractivity contribution is 0.243. The summed E-state index contributed by atoms with van der Waals surface area (Å²) in [6, 6.07) is 3.70. The molecule has 98 valence electrons. The first-order chi connectivity index (χ1) is 8.19. The van der Waals surface area contributed by atoms with Gasteiger partial charge in [-0.2, -0.15) is 0 Å². The van der Waals surface area contributed by atoms with Crippen LogP contribution in [0.3, 0.4) is 0 Å². The Morgan fingerprint density at radius 1 is 1.39 bits per heavy atom. The maximum Gasteiger partial charge on any atom is 0.319 e. The first-order valence-corrected chi connectivity index (χ1v) is 5.78. The zero-order valence-electron chi connectivity index (χ0n) is 10.5. The van der Waals surface area contributed by atoms with E-state index in [0.29, 0.717) is 5.56 Å². The summed E-state index contributed by atoms with van der Waals surface area (Å²) in [5.41, 5.74) is 5.49. The highest BCUT2D eigenvalue weighted by atomic mass is 32.1. The van der Waals surface area contributed by atoms with Crippen molar-refractivity contribution in [2.45, 2.75) is 26.3 Å². The third kappa shape index (κ3) is 4.29. The zero-order valence-corrected chi connectivity index (χ0v) is 11.3. The first-order valence-electron chi connectivity index (χ1n) is 5.37. The van der Waals surface area contributed by atoms with Gasteiger partial charge >= 0.3 is 6.03 Å². The van der Waals surface area contributed by atoms with E-state index >= 15 is 0 Å². The molecule has 4 nitrogen and oxygen atoms in total. The molecule has 0 fully saturated rings. The zero-order chi connectivity index (χ0) is 13.9. The summed E-state index contributed by atoms with van der Waals surface area (Å²) >= 11 is 4.74. The molecule has 1 aromatic carbocycles. The van der Waals surface area contributed by atoms with Crippen LogP contribution in [0.25, 0.3) is 0 Å². The smallest absolute Gasteiger partial charge is 0.319 e. The lowest BCUT2D eigenvalue weighted by Gasteiger charge is -2.20. The number of thiocarbonyl (C=S) groups is 1. The SMILES string of the molecule is CC(C)(C)NC(=O)Nc1ccc(C(N)=S)cc1F. The van der Waals surface area contributed by atoms with Crippen LogP contribution in [0.4, 0.5) is 14.9 Å². The molecule has 4 N–H and O–H groups in total. The van der Waals surface area contributed by atoms with Crippen molar-refractivity contribution >= 4 is 28.9 Å². The van der Waals surface area contributed by atoms with Gasteiger partial charge in [0.05, 0.1) is 5.69 Å². The van der Waals surface area contributed by atoms with E-state index in [2.05, 4.69) is 10.6 Å². The third-order valence-corrected chi connectivity index (χ3v) is 2.23. The number of hydrogen-bond acceptors (Lipinski definition) is 2. The van der Waals surface area contributed by atoms with E-state index in [1.54, 1.807) is 6.07 Å². The van der Waals surface area contributed by atoms with E-state index in [-0.39, 0.29) is 16.2 Å². The van der Waals surface area contributed by atoms with Crippen LogP contribution >= 0.6 is 12.2 Å². The van der Waals surface area contributed by atoms with Crippen molar-refractivity contribution in [3.63, 3.8) is 0 Å². The molecule has 0 saturated carbocycles. The maximum atomic E-state index is 13.6. The lowest BCUT2D eigenvalue weighted by atomic mass is 10.1. The second-order valence-electron chi connectivity index (χ2n) is 4.89. The molecule has 0 bridgehead atoms. The summed E-state index contributed by atoms with van der Waals surface area (Å²) in [6.07, 6.45) is 0. The molecule has 0 spiro atoms. The number of nitrogens with two attached hydrogens (primary N) is 1. The minimum absolute atomic E-state index is 0.0803. The number of halogens is 1. The molecule has 1 rings (SSSR count). The number of rotatable bonds is 2. The van der Waals surface area contributed by atoms with Crippen LogP contribution in [0, 0.1) is 5.82 Å². The van der Waals surface area contributed by atoms with E-state index in [0.717, 1.165) is 0 Å². The Hall–Kier alpha value is -1.69. The Balaban J connectivity index is 2.80. The Morgan fingerprint density at radius 3 is 2.44 bits per heavy atom. The van der Waals surface area contributed by atoms with Gasteiger partial charge in [0, 0.05) is 11.1 Å². The summed E-state index contributed by atoms with van der Waals surface area (Å²) in [7, 11) is 0. The van der Waals surface area contributed by atoms with Crippen LogP contribution in [0.15, 0.2) is 18.2 Å². The van der Waals surface area contributed by atoms with Gasteiger partial charge < -0.3 is 16.4 Å². The molecule has 0 heterocycles. The molecule has 1 aromatic rings. The fourth-order valence-electron chi connectivity index (χ4n) is 1.26. The highest BCUT2D eigenvalue weighted by Gasteiger charge is 2.15. The predicted octanol–water partition coefficient (Wildman–Crippen LogP) is 2.38. The van der Waals surface area contributed by atoms with Crippen LogP contribution in [0.5, 0.6) is 0 Å². The monoisotopic (exact) mass is 269 g/mol. The van der Waals surface area contributed by atoms with Gasteiger partial charge in [0.25, 0.3) is 0 Å². The van der Waals surface area contributed by atoms with Crippen molar-refractivity contribution in [2.24, 2.45) is 5.73 Å². The Morgan fingerprint density at radius 2 is 2.00 bits per heavy atom. The van der Waals surface area contributed by atoms with Gasteiger partial charge in [-0.25, -0.2) is 9.18 Å². The molecular formula is C12H16FN3OS. The molecule has 6 heteroatoms. The Labute approximate surface area is 111 Å². The number of anilines is 1. The van der Waals surface area contributed by atoms with E-state index < -0.39 is 11.8 Å². The standard InChI is InChI=1S/C12H16FN3OS/c1-12(2,3)16-11(17)15-9-5-4-7(10(14)18)6-8(9)13/h4-6H,1-3H3,(H2,14,18)(H2,15,16,17).